The highest BCUT2D eigenvalue weighted by Crippen LogP contribution is 2.28. The highest BCUT2D eigenvalue weighted by atomic mass is 32.2. The van der Waals surface area contributed by atoms with Crippen LogP contribution in [-0.4, -0.2) is 29.6 Å². The lowest BCUT2D eigenvalue weighted by atomic mass is 10.0. The maximum absolute atomic E-state index is 12.3. The first-order valence-electron chi connectivity index (χ1n) is 6.44. The number of amides is 1. The van der Waals surface area contributed by atoms with Crippen LogP contribution in [0.3, 0.4) is 0 Å². The second kappa shape index (κ2) is 6.61. The van der Waals surface area contributed by atoms with Gasteiger partial charge in [0.1, 0.15) is 5.56 Å². The topological polar surface area (TPSA) is 55.1 Å². The van der Waals surface area contributed by atoms with Crippen molar-refractivity contribution >= 4 is 17.7 Å². The summed E-state index contributed by atoms with van der Waals surface area (Å²) in [5.41, 5.74) is 3.11. The average Bonchev–Trinajstić information content (AvgIpc) is 2.81. The van der Waals surface area contributed by atoms with Crippen molar-refractivity contribution in [2.75, 3.05) is 18.6 Å². The van der Waals surface area contributed by atoms with E-state index in [2.05, 4.69) is 10.5 Å². The van der Waals surface area contributed by atoms with Crippen molar-refractivity contribution in [2.45, 2.75) is 13.8 Å². The molecule has 0 fully saturated rings. The molecule has 1 aromatic heterocycles. The molecule has 0 bridgehead atoms. The van der Waals surface area contributed by atoms with Crippen molar-refractivity contribution in [2.24, 2.45) is 0 Å². The minimum absolute atomic E-state index is 0.129. The van der Waals surface area contributed by atoms with E-state index in [4.69, 9.17) is 4.52 Å². The number of nitrogens with one attached hydrogen (secondary N) is 1. The van der Waals surface area contributed by atoms with Crippen LogP contribution < -0.4 is 5.32 Å². The molecule has 0 spiro atoms. The summed E-state index contributed by atoms with van der Waals surface area (Å²) in [4.78, 5) is 12.3. The molecule has 0 unspecified atom stereocenters. The monoisotopic (exact) mass is 290 g/mol. The van der Waals surface area contributed by atoms with Gasteiger partial charge in [-0.05, 0) is 25.7 Å². The fourth-order valence-electron chi connectivity index (χ4n) is 2.00. The van der Waals surface area contributed by atoms with Crippen molar-refractivity contribution in [3.8, 4) is 11.3 Å². The Bertz CT molecular complexity index is 608. The second-order valence-corrected chi connectivity index (χ2v) is 5.52. The van der Waals surface area contributed by atoms with Gasteiger partial charge in [0.2, 0.25) is 0 Å². The van der Waals surface area contributed by atoms with Gasteiger partial charge in [0.15, 0.2) is 5.76 Å². The molecule has 0 aliphatic heterocycles. The Balaban J connectivity index is 2.33. The van der Waals surface area contributed by atoms with Gasteiger partial charge in [-0.15, -0.1) is 0 Å². The average molecular weight is 290 g/mol. The molecule has 4 nitrogen and oxygen atoms in total. The lowest BCUT2D eigenvalue weighted by Gasteiger charge is -2.06. The van der Waals surface area contributed by atoms with E-state index in [0.29, 0.717) is 23.6 Å². The molecule has 106 valence electrons. The fourth-order valence-corrected chi connectivity index (χ4v) is 2.31. The minimum atomic E-state index is -0.129. The molecule has 2 aromatic rings. The zero-order chi connectivity index (χ0) is 14.5. The first-order valence-corrected chi connectivity index (χ1v) is 7.84. The molecule has 20 heavy (non-hydrogen) atoms. The highest BCUT2D eigenvalue weighted by molar-refractivity contribution is 7.98. The predicted molar refractivity (Wildman–Crippen MR) is 82.1 cm³/mol. The number of hydrogen-bond donors (Lipinski definition) is 1. The highest BCUT2D eigenvalue weighted by Gasteiger charge is 2.22. The summed E-state index contributed by atoms with van der Waals surface area (Å²) in [5.74, 6) is 1.30. The van der Waals surface area contributed by atoms with Crippen LogP contribution in [0, 0.1) is 13.8 Å². The summed E-state index contributed by atoms with van der Waals surface area (Å²) in [6.07, 6.45) is 2.01. The van der Waals surface area contributed by atoms with Crippen molar-refractivity contribution < 1.29 is 9.32 Å². The maximum atomic E-state index is 12.3. The fraction of sp³-hybridized carbons (Fsp3) is 0.333. The molecule has 0 aliphatic carbocycles. The smallest absolute Gasteiger partial charge is 0.257 e. The van der Waals surface area contributed by atoms with E-state index in [0.717, 1.165) is 16.9 Å². The van der Waals surface area contributed by atoms with E-state index in [9.17, 15) is 4.79 Å². The molecule has 1 aromatic carbocycles. The first kappa shape index (κ1) is 14.7. The number of nitrogens with zero attached hydrogens (tertiary/aromatic N) is 1. The zero-order valence-corrected chi connectivity index (χ0v) is 12.7. The lowest BCUT2D eigenvalue weighted by molar-refractivity contribution is 0.0956. The zero-order valence-electron chi connectivity index (χ0n) is 11.9. The molecule has 1 N–H and O–H groups in total. The summed E-state index contributed by atoms with van der Waals surface area (Å²) in [6, 6.07) is 7.81. The number of thioether (sulfide) groups is 1. The molecule has 5 heteroatoms. The van der Waals surface area contributed by atoms with Gasteiger partial charge in [-0.1, -0.05) is 29.4 Å². The van der Waals surface area contributed by atoms with Crippen molar-refractivity contribution in [1.29, 1.82) is 0 Å². The normalized spacial score (nSPS) is 10.6. The van der Waals surface area contributed by atoms with Crippen LogP contribution in [-0.2, 0) is 0 Å². The van der Waals surface area contributed by atoms with Crippen LogP contribution in [0.5, 0.6) is 0 Å². The molecular weight excluding hydrogens is 272 g/mol. The molecular formula is C15H18N2O2S. The SMILES string of the molecule is CSCCNC(=O)c1c(C)noc1-c1ccccc1C. The van der Waals surface area contributed by atoms with Crippen LogP contribution in [0.15, 0.2) is 28.8 Å². The Morgan fingerprint density at radius 1 is 1.35 bits per heavy atom. The number of hydrogen-bond acceptors (Lipinski definition) is 4. The summed E-state index contributed by atoms with van der Waals surface area (Å²) in [5, 5.41) is 6.84. The molecule has 0 aliphatic rings. The maximum Gasteiger partial charge on any atom is 0.257 e. The van der Waals surface area contributed by atoms with E-state index in [1.54, 1.807) is 18.7 Å². The van der Waals surface area contributed by atoms with Crippen LogP contribution in [0.4, 0.5) is 0 Å². The summed E-state index contributed by atoms with van der Waals surface area (Å²) >= 11 is 1.69. The van der Waals surface area contributed by atoms with Crippen LogP contribution in [0.25, 0.3) is 11.3 Å². The first-order chi connectivity index (χ1) is 9.65. The number of carbonyl (C=O) groups is 1. The Morgan fingerprint density at radius 2 is 2.10 bits per heavy atom. The van der Waals surface area contributed by atoms with Crippen LogP contribution in [0.1, 0.15) is 21.6 Å². The molecule has 1 amide bonds. The standard InChI is InChI=1S/C15H18N2O2S/c1-10-6-4-5-7-12(10)14-13(11(2)17-19-14)15(18)16-8-9-20-3/h4-7H,8-9H2,1-3H3,(H,16,18). The van der Waals surface area contributed by atoms with Crippen LogP contribution in [0.2, 0.25) is 0 Å². The summed E-state index contributed by atoms with van der Waals surface area (Å²) in [6.45, 7) is 4.41. The molecule has 0 radical (unpaired) electrons. The number of carbonyl (C=O) groups excluding carboxylic acids is 1. The number of aromatic nitrogens is 1. The van der Waals surface area contributed by atoms with Gasteiger partial charge in [-0.25, -0.2) is 0 Å². The van der Waals surface area contributed by atoms with Crippen molar-refractivity contribution in [3.05, 3.63) is 41.1 Å². The Morgan fingerprint density at radius 3 is 2.80 bits per heavy atom. The summed E-state index contributed by atoms with van der Waals surface area (Å²) < 4.78 is 5.37. The number of rotatable bonds is 5. The molecule has 0 atom stereocenters. The lowest BCUT2D eigenvalue weighted by Crippen LogP contribution is -2.26. The van der Waals surface area contributed by atoms with E-state index in [1.807, 2.05) is 37.4 Å². The second-order valence-electron chi connectivity index (χ2n) is 4.54. The van der Waals surface area contributed by atoms with Gasteiger partial charge in [0, 0.05) is 17.9 Å². The number of aryl methyl sites for hydroxylation is 2. The molecule has 0 saturated heterocycles. The third-order valence-electron chi connectivity index (χ3n) is 3.07. The van der Waals surface area contributed by atoms with Gasteiger partial charge >= 0.3 is 0 Å². The molecule has 2 rings (SSSR count). The van der Waals surface area contributed by atoms with Gasteiger partial charge in [-0.3, -0.25) is 4.79 Å². The van der Waals surface area contributed by atoms with Gasteiger partial charge in [-0.2, -0.15) is 11.8 Å². The van der Waals surface area contributed by atoms with E-state index >= 15 is 0 Å². The largest absolute Gasteiger partial charge is 0.355 e. The summed E-state index contributed by atoms with van der Waals surface area (Å²) in [7, 11) is 0. The third-order valence-corrected chi connectivity index (χ3v) is 3.68. The minimum Gasteiger partial charge on any atom is -0.355 e. The van der Waals surface area contributed by atoms with Gasteiger partial charge in [0.05, 0.1) is 5.69 Å². The van der Waals surface area contributed by atoms with Gasteiger partial charge < -0.3 is 9.84 Å². The van der Waals surface area contributed by atoms with Crippen LogP contribution >= 0.6 is 11.8 Å². The van der Waals surface area contributed by atoms with Crippen molar-refractivity contribution in [1.82, 2.24) is 10.5 Å². The Labute approximate surface area is 122 Å². The van der Waals surface area contributed by atoms with Crippen molar-refractivity contribution in [3.63, 3.8) is 0 Å². The van der Waals surface area contributed by atoms with E-state index < -0.39 is 0 Å². The molecule has 1 heterocycles. The predicted octanol–water partition coefficient (Wildman–Crippen LogP) is 3.05. The van der Waals surface area contributed by atoms with E-state index in [-0.39, 0.29) is 5.91 Å². The number of benzene rings is 1. The Kier molecular flexibility index (Phi) is 4.84. The van der Waals surface area contributed by atoms with E-state index in [1.165, 1.54) is 0 Å². The third kappa shape index (κ3) is 3.04. The molecule has 0 saturated carbocycles. The Hall–Kier alpha value is -1.75. The quantitative estimate of drug-likeness (QED) is 0.860. The van der Waals surface area contributed by atoms with Gasteiger partial charge in [0.25, 0.3) is 5.91 Å².